The lowest BCUT2D eigenvalue weighted by Crippen LogP contribution is -2.43. The van der Waals surface area contributed by atoms with E-state index in [4.69, 9.17) is 9.83 Å². The summed E-state index contributed by atoms with van der Waals surface area (Å²) < 4.78 is 0. The molecule has 0 spiro atoms. The minimum atomic E-state index is 0. The first-order valence-electron chi connectivity index (χ1n) is 7.00. The number of piperidine rings is 1. The number of aromatic nitrogens is 1. The van der Waals surface area contributed by atoms with Gasteiger partial charge >= 0.3 is 0 Å². The van der Waals surface area contributed by atoms with Crippen molar-refractivity contribution in [1.82, 2.24) is 15.4 Å². The maximum Gasteiger partial charge on any atom is 0.154 e. The van der Waals surface area contributed by atoms with Crippen LogP contribution in [0.15, 0.2) is 29.5 Å². The molecule has 0 bridgehead atoms. The lowest BCUT2D eigenvalue weighted by Gasteiger charge is -2.30. The molecule has 6 heteroatoms. The molecule has 2 aliphatic heterocycles. The van der Waals surface area contributed by atoms with Crippen LogP contribution in [0.1, 0.15) is 24.8 Å². The van der Waals surface area contributed by atoms with Gasteiger partial charge < -0.3 is 4.90 Å². The molecule has 20 heavy (non-hydrogen) atoms. The van der Waals surface area contributed by atoms with Gasteiger partial charge in [-0.3, -0.25) is 14.8 Å². The lowest BCUT2D eigenvalue weighted by atomic mass is 10.1. The molecule has 3 rings (SSSR count). The molecule has 0 aromatic carbocycles. The summed E-state index contributed by atoms with van der Waals surface area (Å²) in [6.07, 6.45) is 7.55. The van der Waals surface area contributed by atoms with Crippen molar-refractivity contribution in [1.29, 1.82) is 0 Å². The van der Waals surface area contributed by atoms with Crippen molar-refractivity contribution < 1.29 is 4.84 Å². The van der Waals surface area contributed by atoms with E-state index in [0.717, 1.165) is 17.9 Å². The van der Waals surface area contributed by atoms with E-state index >= 15 is 0 Å². The van der Waals surface area contributed by atoms with Crippen molar-refractivity contribution in [2.24, 2.45) is 4.99 Å². The number of pyridine rings is 1. The van der Waals surface area contributed by atoms with Crippen LogP contribution in [-0.2, 0) is 4.84 Å². The summed E-state index contributed by atoms with van der Waals surface area (Å²) in [6.45, 7) is 4.02. The molecule has 0 saturated carbocycles. The van der Waals surface area contributed by atoms with Crippen LogP contribution in [-0.4, -0.2) is 48.0 Å². The number of nitrogens with zero attached hydrogens (tertiary/aromatic N) is 3. The van der Waals surface area contributed by atoms with Crippen molar-refractivity contribution in [3.05, 3.63) is 30.1 Å². The Hall–Kier alpha value is -1.17. The molecule has 0 aliphatic carbocycles. The third kappa shape index (κ3) is 3.91. The van der Waals surface area contributed by atoms with Gasteiger partial charge in [0.15, 0.2) is 5.84 Å². The summed E-state index contributed by atoms with van der Waals surface area (Å²) in [5.41, 5.74) is 3.87. The van der Waals surface area contributed by atoms with Gasteiger partial charge in [0.05, 0.1) is 12.6 Å². The zero-order valence-corrected chi connectivity index (χ0v) is 12.3. The molecule has 2 aliphatic rings. The number of likely N-dealkylation sites (tertiary alicyclic amines) is 1. The summed E-state index contributed by atoms with van der Waals surface area (Å²) in [5.74, 6) is 0.793. The van der Waals surface area contributed by atoms with E-state index in [2.05, 4.69) is 15.4 Å². The Labute approximate surface area is 125 Å². The predicted octanol–water partition coefficient (Wildman–Crippen LogP) is 1.64. The number of aliphatic imine (C=N–C) groups is 1. The highest BCUT2D eigenvalue weighted by Crippen LogP contribution is 2.12. The number of hydrogen-bond donors (Lipinski definition) is 1. The summed E-state index contributed by atoms with van der Waals surface area (Å²) >= 11 is 0. The largest absolute Gasteiger partial charge is 0.301 e. The van der Waals surface area contributed by atoms with E-state index in [-0.39, 0.29) is 18.4 Å². The van der Waals surface area contributed by atoms with Crippen LogP contribution in [0.3, 0.4) is 0 Å². The van der Waals surface area contributed by atoms with Gasteiger partial charge in [-0.25, -0.2) is 5.48 Å². The van der Waals surface area contributed by atoms with E-state index in [1.807, 2.05) is 12.1 Å². The number of amidine groups is 1. The van der Waals surface area contributed by atoms with Crippen LogP contribution < -0.4 is 5.48 Å². The second-order valence-electron chi connectivity index (χ2n) is 5.15. The summed E-state index contributed by atoms with van der Waals surface area (Å²) in [7, 11) is 0. The average Bonchev–Trinajstić information content (AvgIpc) is 2.49. The molecule has 5 nitrogen and oxygen atoms in total. The smallest absolute Gasteiger partial charge is 0.154 e. The van der Waals surface area contributed by atoms with Gasteiger partial charge in [-0.15, -0.1) is 12.4 Å². The van der Waals surface area contributed by atoms with Gasteiger partial charge in [-0.1, -0.05) is 6.42 Å². The van der Waals surface area contributed by atoms with Crippen molar-refractivity contribution in [3.63, 3.8) is 0 Å². The first-order chi connectivity index (χ1) is 9.42. The van der Waals surface area contributed by atoms with Crippen molar-refractivity contribution >= 4 is 18.2 Å². The highest BCUT2D eigenvalue weighted by atomic mass is 35.5. The second kappa shape index (κ2) is 7.57. The van der Waals surface area contributed by atoms with Crippen LogP contribution in [0, 0.1) is 0 Å². The van der Waals surface area contributed by atoms with Crippen molar-refractivity contribution in [3.8, 4) is 0 Å². The molecule has 1 saturated heterocycles. The topological polar surface area (TPSA) is 49.8 Å². The molecule has 1 fully saturated rings. The SMILES string of the molecule is Cl.c1cncc(C2=NC(CN3CCCCC3)CON2)c1. The van der Waals surface area contributed by atoms with E-state index in [1.165, 1.54) is 32.4 Å². The van der Waals surface area contributed by atoms with Gasteiger partial charge in [0, 0.05) is 24.5 Å². The van der Waals surface area contributed by atoms with Crippen LogP contribution in [0.5, 0.6) is 0 Å². The Balaban J connectivity index is 0.00000147. The van der Waals surface area contributed by atoms with Crippen LogP contribution in [0.25, 0.3) is 0 Å². The Kier molecular flexibility index (Phi) is 5.76. The second-order valence-corrected chi connectivity index (χ2v) is 5.15. The Bertz CT molecular complexity index is 434. The van der Waals surface area contributed by atoms with Gasteiger partial charge in [0.25, 0.3) is 0 Å². The number of hydroxylamine groups is 1. The van der Waals surface area contributed by atoms with Gasteiger partial charge in [-0.05, 0) is 38.1 Å². The van der Waals surface area contributed by atoms with Crippen molar-refractivity contribution in [2.75, 3.05) is 26.2 Å². The fourth-order valence-electron chi connectivity index (χ4n) is 2.62. The molecule has 0 amide bonds. The zero-order chi connectivity index (χ0) is 12.9. The fourth-order valence-corrected chi connectivity index (χ4v) is 2.62. The molecule has 110 valence electrons. The summed E-state index contributed by atoms with van der Waals surface area (Å²) in [5, 5.41) is 0. The third-order valence-corrected chi connectivity index (χ3v) is 3.61. The van der Waals surface area contributed by atoms with Crippen LogP contribution in [0.4, 0.5) is 0 Å². The Morgan fingerprint density at radius 2 is 2.15 bits per heavy atom. The van der Waals surface area contributed by atoms with Crippen LogP contribution >= 0.6 is 12.4 Å². The standard InChI is InChI=1S/C14H20N4O.ClH/c1-2-7-18(8-3-1)10-13-11-19-17-14(16-13)12-5-4-6-15-9-12;/h4-6,9,13H,1-3,7-8,10-11H2,(H,16,17);1H. The maximum atomic E-state index is 5.46. The van der Waals surface area contributed by atoms with E-state index < -0.39 is 0 Å². The quantitative estimate of drug-likeness (QED) is 0.921. The van der Waals surface area contributed by atoms with Crippen molar-refractivity contribution in [2.45, 2.75) is 25.3 Å². The zero-order valence-electron chi connectivity index (χ0n) is 11.5. The molecule has 0 radical (unpaired) electrons. The molecule has 1 atom stereocenters. The molecular weight excluding hydrogens is 276 g/mol. The van der Waals surface area contributed by atoms with Gasteiger partial charge in [0.2, 0.25) is 0 Å². The number of hydrogen-bond acceptors (Lipinski definition) is 5. The first-order valence-corrected chi connectivity index (χ1v) is 7.00. The molecule has 3 heterocycles. The first kappa shape index (κ1) is 15.2. The number of nitrogens with one attached hydrogen (secondary N) is 1. The Morgan fingerprint density at radius 1 is 1.30 bits per heavy atom. The highest BCUT2D eigenvalue weighted by molar-refractivity contribution is 5.98. The molecule has 1 N–H and O–H groups in total. The van der Waals surface area contributed by atoms with Gasteiger partial charge in [0.1, 0.15) is 0 Å². The highest BCUT2D eigenvalue weighted by Gasteiger charge is 2.20. The predicted molar refractivity (Wildman–Crippen MR) is 81.2 cm³/mol. The fraction of sp³-hybridized carbons (Fsp3) is 0.571. The lowest BCUT2D eigenvalue weighted by molar-refractivity contribution is 0.0513. The summed E-state index contributed by atoms with van der Waals surface area (Å²) in [6, 6.07) is 4.12. The number of rotatable bonds is 3. The summed E-state index contributed by atoms with van der Waals surface area (Å²) in [4.78, 5) is 16.8. The van der Waals surface area contributed by atoms with E-state index in [0.29, 0.717) is 6.61 Å². The third-order valence-electron chi connectivity index (χ3n) is 3.61. The minimum Gasteiger partial charge on any atom is -0.301 e. The molecule has 1 aromatic rings. The molecular formula is C14H21ClN4O. The maximum absolute atomic E-state index is 5.46. The average molecular weight is 297 g/mol. The van der Waals surface area contributed by atoms with Crippen LogP contribution in [0.2, 0.25) is 0 Å². The Morgan fingerprint density at radius 3 is 2.90 bits per heavy atom. The molecule has 1 unspecified atom stereocenters. The normalized spacial score (nSPS) is 23.4. The van der Waals surface area contributed by atoms with E-state index in [1.54, 1.807) is 12.4 Å². The van der Waals surface area contributed by atoms with Gasteiger partial charge in [-0.2, -0.15) is 0 Å². The minimum absolute atomic E-state index is 0. The number of halogens is 1. The monoisotopic (exact) mass is 296 g/mol. The van der Waals surface area contributed by atoms with E-state index in [9.17, 15) is 0 Å². The molecule has 1 aromatic heterocycles.